The number of sulfonamides is 1. The fourth-order valence-corrected chi connectivity index (χ4v) is 5.23. The average Bonchev–Trinajstić information content (AvgIpc) is 2.68. The molecule has 138 valence electrons. The largest absolute Gasteiger partial charge is 0.332 e. The molecule has 0 spiro atoms. The standard InChI is InChI=1S/C18H27N3O3S/c1-2-19-12-14-20(15-13-19)18(22)16-8-10-21(11-9-16)25(23,24)17-6-4-3-5-7-17/h3-7,16H,2,8-15H2,1H3/p+1. The van der Waals surface area contributed by atoms with E-state index in [1.54, 1.807) is 29.2 Å². The predicted molar refractivity (Wildman–Crippen MR) is 95.7 cm³/mol. The van der Waals surface area contributed by atoms with Crippen LogP contribution in [0, 0.1) is 5.92 Å². The second-order valence-electron chi connectivity index (χ2n) is 6.92. The number of hydrogen-bond acceptors (Lipinski definition) is 3. The highest BCUT2D eigenvalue weighted by Crippen LogP contribution is 2.25. The highest BCUT2D eigenvalue weighted by molar-refractivity contribution is 7.89. The Balaban J connectivity index is 1.56. The van der Waals surface area contributed by atoms with Gasteiger partial charge in [0.15, 0.2) is 0 Å². The van der Waals surface area contributed by atoms with E-state index in [-0.39, 0.29) is 11.8 Å². The quantitative estimate of drug-likeness (QED) is 0.805. The van der Waals surface area contributed by atoms with Crippen molar-refractivity contribution in [2.45, 2.75) is 24.7 Å². The number of amides is 1. The molecule has 1 N–H and O–H groups in total. The molecule has 1 aromatic rings. The fraction of sp³-hybridized carbons (Fsp3) is 0.611. The molecule has 3 rings (SSSR count). The summed E-state index contributed by atoms with van der Waals surface area (Å²) < 4.78 is 26.8. The summed E-state index contributed by atoms with van der Waals surface area (Å²) in [7, 11) is -3.44. The SMILES string of the molecule is CC[NH+]1CCN(C(=O)C2CCN(S(=O)(=O)c3ccccc3)CC2)CC1. The number of likely N-dealkylation sites (N-methyl/N-ethyl adjacent to an activating group) is 1. The van der Waals surface area contributed by atoms with Gasteiger partial charge in [-0.25, -0.2) is 8.42 Å². The number of carbonyl (C=O) groups excluding carboxylic acids is 1. The summed E-state index contributed by atoms with van der Waals surface area (Å²) in [5, 5.41) is 0. The molecule has 2 saturated heterocycles. The number of rotatable bonds is 4. The second kappa shape index (κ2) is 7.85. The van der Waals surface area contributed by atoms with E-state index in [0.717, 1.165) is 32.7 Å². The minimum Gasteiger partial charge on any atom is -0.332 e. The molecule has 2 fully saturated rings. The van der Waals surface area contributed by atoms with Crippen LogP contribution in [0.2, 0.25) is 0 Å². The van der Waals surface area contributed by atoms with E-state index in [0.29, 0.717) is 30.8 Å². The Bertz CT molecular complexity index is 677. The van der Waals surface area contributed by atoms with Crippen molar-refractivity contribution in [2.75, 3.05) is 45.8 Å². The van der Waals surface area contributed by atoms with Crippen molar-refractivity contribution >= 4 is 15.9 Å². The van der Waals surface area contributed by atoms with E-state index in [1.165, 1.54) is 4.31 Å². The Morgan fingerprint density at radius 3 is 2.24 bits per heavy atom. The predicted octanol–water partition coefficient (Wildman–Crippen LogP) is -0.166. The van der Waals surface area contributed by atoms with Crippen LogP contribution in [0.1, 0.15) is 19.8 Å². The first kappa shape index (κ1) is 18.4. The number of piperazine rings is 1. The Morgan fingerprint density at radius 2 is 1.68 bits per heavy atom. The van der Waals surface area contributed by atoms with Gasteiger partial charge in [0.2, 0.25) is 15.9 Å². The molecular weight excluding hydrogens is 338 g/mol. The van der Waals surface area contributed by atoms with Crippen LogP contribution >= 0.6 is 0 Å². The number of nitrogens with zero attached hydrogens (tertiary/aromatic N) is 2. The number of quaternary nitrogens is 1. The van der Waals surface area contributed by atoms with Crippen molar-refractivity contribution < 1.29 is 18.1 Å². The van der Waals surface area contributed by atoms with E-state index in [1.807, 2.05) is 11.0 Å². The average molecular weight is 367 g/mol. The van der Waals surface area contributed by atoms with Crippen LogP contribution in [0.5, 0.6) is 0 Å². The molecule has 0 radical (unpaired) electrons. The van der Waals surface area contributed by atoms with Crippen molar-refractivity contribution in [2.24, 2.45) is 5.92 Å². The van der Waals surface area contributed by atoms with Gasteiger partial charge in [-0.05, 0) is 31.9 Å². The van der Waals surface area contributed by atoms with Crippen LogP contribution in [0.15, 0.2) is 35.2 Å². The summed E-state index contributed by atoms with van der Waals surface area (Å²) in [6.07, 6.45) is 1.23. The summed E-state index contributed by atoms with van der Waals surface area (Å²) in [4.78, 5) is 16.6. The van der Waals surface area contributed by atoms with Crippen molar-refractivity contribution in [3.05, 3.63) is 30.3 Å². The van der Waals surface area contributed by atoms with Crippen molar-refractivity contribution in [1.82, 2.24) is 9.21 Å². The first-order valence-electron chi connectivity index (χ1n) is 9.20. The van der Waals surface area contributed by atoms with Crippen LogP contribution in [0.4, 0.5) is 0 Å². The van der Waals surface area contributed by atoms with Gasteiger partial charge < -0.3 is 9.80 Å². The molecule has 2 heterocycles. The van der Waals surface area contributed by atoms with Crippen LogP contribution in [-0.2, 0) is 14.8 Å². The van der Waals surface area contributed by atoms with Crippen molar-refractivity contribution in [3.63, 3.8) is 0 Å². The number of nitrogens with one attached hydrogen (secondary N) is 1. The molecule has 2 aliphatic rings. The van der Waals surface area contributed by atoms with Crippen LogP contribution < -0.4 is 4.90 Å². The van der Waals surface area contributed by atoms with E-state index in [2.05, 4.69) is 6.92 Å². The molecule has 0 saturated carbocycles. The molecular formula is C18H28N3O3S+. The van der Waals surface area contributed by atoms with Gasteiger partial charge in [0.05, 0.1) is 37.6 Å². The van der Waals surface area contributed by atoms with Gasteiger partial charge in [-0.2, -0.15) is 4.31 Å². The summed E-state index contributed by atoms with van der Waals surface area (Å²) in [6.45, 7) is 7.82. The Morgan fingerprint density at radius 1 is 1.08 bits per heavy atom. The maximum atomic E-state index is 12.7. The first-order chi connectivity index (χ1) is 12.0. The lowest BCUT2D eigenvalue weighted by molar-refractivity contribution is -0.902. The Hall–Kier alpha value is -1.44. The number of benzene rings is 1. The Labute approximate surface area is 150 Å². The van der Waals surface area contributed by atoms with Crippen LogP contribution in [-0.4, -0.2) is 69.3 Å². The zero-order valence-corrected chi connectivity index (χ0v) is 15.7. The lowest BCUT2D eigenvalue weighted by atomic mass is 9.96. The monoisotopic (exact) mass is 366 g/mol. The summed E-state index contributed by atoms with van der Waals surface area (Å²) in [5.41, 5.74) is 0. The summed E-state index contributed by atoms with van der Waals surface area (Å²) >= 11 is 0. The van der Waals surface area contributed by atoms with Gasteiger partial charge in [0, 0.05) is 19.0 Å². The highest BCUT2D eigenvalue weighted by atomic mass is 32.2. The van der Waals surface area contributed by atoms with Gasteiger partial charge in [-0.1, -0.05) is 18.2 Å². The zero-order valence-electron chi connectivity index (χ0n) is 14.9. The molecule has 0 atom stereocenters. The molecule has 0 aliphatic carbocycles. The minimum atomic E-state index is -3.44. The van der Waals surface area contributed by atoms with Crippen molar-refractivity contribution in [1.29, 1.82) is 0 Å². The van der Waals surface area contributed by atoms with Crippen molar-refractivity contribution in [3.8, 4) is 0 Å². The van der Waals surface area contributed by atoms with E-state index < -0.39 is 10.0 Å². The van der Waals surface area contributed by atoms with E-state index in [4.69, 9.17) is 0 Å². The van der Waals surface area contributed by atoms with Crippen LogP contribution in [0.3, 0.4) is 0 Å². The van der Waals surface area contributed by atoms with Gasteiger partial charge in [-0.3, -0.25) is 4.79 Å². The smallest absolute Gasteiger partial charge is 0.243 e. The van der Waals surface area contributed by atoms with Gasteiger partial charge in [0.25, 0.3) is 0 Å². The number of piperidine rings is 1. The molecule has 0 unspecified atom stereocenters. The topological polar surface area (TPSA) is 62.1 Å². The lowest BCUT2D eigenvalue weighted by Crippen LogP contribution is -3.14. The summed E-state index contributed by atoms with van der Waals surface area (Å²) in [5.74, 6) is 0.178. The second-order valence-corrected chi connectivity index (χ2v) is 8.86. The zero-order chi connectivity index (χ0) is 17.9. The molecule has 7 heteroatoms. The van der Waals surface area contributed by atoms with Crippen LogP contribution in [0.25, 0.3) is 0 Å². The molecule has 1 aromatic carbocycles. The van der Waals surface area contributed by atoms with E-state index in [9.17, 15) is 13.2 Å². The molecule has 1 amide bonds. The minimum absolute atomic E-state index is 0.0367. The first-order valence-corrected chi connectivity index (χ1v) is 10.6. The fourth-order valence-electron chi connectivity index (χ4n) is 3.74. The highest BCUT2D eigenvalue weighted by Gasteiger charge is 2.34. The normalized spacial score (nSPS) is 21.4. The Kier molecular flexibility index (Phi) is 5.76. The lowest BCUT2D eigenvalue weighted by Gasteiger charge is -2.36. The van der Waals surface area contributed by atoms with Gasteiger partial charge in [-0.15, -0.1) is 0 Å². The van der Waals surface area contributed by atoms with Gasteiger partial charge in [0.1, 0.15) is 0 Å². The third-order valence-corrected chi connectivity index (χ3v) is 7.38. The summed E-state index contributed by atoms with van der Waals surface area (Å²) in [6, 6.07) is 8.54. The van der Waals surface area contributed by atoms with Gasteiger partial charge >= 0.3 is 0 Å². The number of hydrogen-bond donors (Lipinski definition) is 1. The molecule has 0 aromatic heterocycles. The molecule has 0 bridgehead atoms. The maximum absolute atomic E-state index is 12.7. The third kappa shape index (κ3) is 4.04. The third-order valence-electron chi connectivity index (χ3n) is 5.47. The molecule has 2 aliphatic heterocycles. The molecule has 25 heavy (non-hydrogen) atoms. The number of carbonyl (C=O) groups is 1. The maximum Gasteiger partial charge on any atom is 0.243 e. The molecule has 6 nitrogen and oxygen atoms in total. The van der Waals surface area contributed by atoms with E-state index >= 15 is 0 Å².